The second-order valence-electron chi connectivity index (χ2n) is 7.02. The van der Waals surface area contributed by atoms with E-state index in [9.17, 15) is 0 Å². The van der Waals surface area contributed by atoms with Crippen molar-refractivity contribution in [1.29, 1.82) is 0 Å². The largest absolute Gasteiger partial charge is 0.359 e. The second-order valence-corrected chi connectivity index (χ2v) is 7.02. The topological polar surface area (TPSA) is 65.7 Å². The van der Waals surface area contributed by atoms with E-state index >= 15 is 0 Å². The van der Waals surface area contributed by atoms with Crippen molar-refractivity contribution < 1.29 is 4.52 Å². The molecule has 1 atom stereocenters. The fraction of sp³-hybridized carbons (Fsp3) is 0.600. The fourth-order valence-corrected chi connectivity index (χ4v) is 2.74. The van der Waals surface area contributed by atoms with Crippen LogP contribution in [0.2, 0.25) is 0 Å². The van der Waals surface area contributed by atoms with Gasteiger partial charge in [-0.15, -0.1) is 13.2 Å². The van der Waals surface area contributed by atoms with Crippen molar-refractivity contribution in [3.05, 3.63) is 42.8 Å². The molecule has 1 unspecified atom stereocenters. The minimum atomic E-state index is 0.349. The lowest BCUT2D eigenvalue weighted by atomic mass is 10.0. The highest BCUT2D eigenvalue weighted by atomic mass is 16.5. The molecule has 0 aliphatic heterocycles. The van der Waals surface area contributed by atoms with Gasteiger partial charge in [0.05, 0.1) is 12.2 Å². The Hall–Kier alpha value is -2.08. The normalized spacial score (nSPS) is 13.3. The molecule has 26 heavy (non-hydrogen) atoms. The van der Waals surface area contributed by atoms with Crippen molar-refractivity contribution in [3.8, 4) is 0 Å². The first-order valence-corrected chi connectivity index (χ1v) is 9.28. The fourth-order valence-electron chi connectivity index (χ4n) is 2.74. The lowest BCUT2D eigenvalue weighted by Crippen LogP contribution is -2.49. The highest BCUT2D eigenvalue weighted by molar-refractivity contribution is 5.79. The number of nitrogens with one attached hydrogen (secondary N) is 2. The van der Waals surface area contributed by atoms with Crippen LogP contribution in [0.1, 0.15) is 45.1 Å². The summed E-state index contributed by atoms with van der Waals surface area (Å²) in [6.45, 7) is 19.4. The molecular formula is C20H35N5O. The molecule has 0 aliphatic rings. The number of rotatable bonds is 11. The second kappa shape index (κ2) is 11.5. The van der Waals surface area contributed by atoms with Crippen LogP contribution in [0.5, 0.6) is 0 Å². The van der Waals surface area contributed by atoms with Crippen molar-refractivity contribution in [2.24, 2.45) is 10.9 Å². The Balaban J connectivity index is 2.61. The van der Waals surface area contributed by atoms with Gasteiger partial charge in [0.25, 0.3) is 0 Å². The van der Waals surface area contributed by atoms with Gasteiger partial charge in [-0.2, -0.15) is 0 Å². The molecule has 0 saturated carbocycles. The van der Waals surface area contributed by atoms with Crippen molar-refractivity contribution in [2.45, 2.75) is 46.2 Å². The number of hydrogen-bond acceptors (Lipinski definition) is 4. The van der Waals surface area contributed by atoms with Crippen LogP contribution in [-0.2, 0) is 6.54 Å². The highest BCUT2D eigenvalue weighted by Gasteiger charge is 2.20. The Morgan fingerprint density at radius 3 is 2.35 bits per heavy atom. The van der Waals surface area contributed by atoms with Crippen molar-refractivity contribution >= 4 is 5.96 Å². The smallest absolute Gasteiger partial charge is 0.191 e. The molecule has 0 radical (unpaired) electrons. The summed E-state index contributed by atoms with van der Waals surface area (Å²) in [6.07, 6.45) is 3.87. The molecule has 1 heterocycles. The maximum Gasteiger partial charge on any atom is 0.191 e. The third-order valence-electron chi connectivity index (χ3n) is 4.27. The van der Waals surface area contributed by atoms with E-state index in [0.717, 1.165) is 37.0 Å². The third kappa shape index (κ3) is 7.04. The number of nitrogens with zero attached hydrogens (tertiary/aromatic N) is 3. The van der Waals surface area contributed by atoms with Crippen LogP contribution < -0.4 is 10.6 Å². The van der Waals surface area contributed by atoms with Gasteiger partial charge in [-0.25, -0.2) is 0 Å². The van der Waals surface area contributed by atoms with E-state index in [1.807, 2.05) is 18.2 Å². The zero-order valence-corrected chi connectivity index (χ0v) is 17.0. The minimum absolute atomic E-state index is 0.349. The predicted octanol–water partition coefficient (Wildman–Crippen LogP) is 3.16. The van der Waals surface area contributed by atoms with E-state index in [1.165, 1.54) is 0 Å². The predicted molar refractivity (Wildman–Crippen MR) is 109 cm³/mol. The Bertz CT molecular complexity index is 567. The summed E-state index contributed by atoms with van der Waals surface area (Å²) in [6, 6.07) is 2.33. The number of aliphatic imine (C=N–C) groups is 1. The highest BCUT2D eigenvalue weighted by Crippen LogP contribution is 2.14. The number of hydrogen-bond donors (Lipinski definition) is 2. The van der Waals surface area contributed by atoms with Gasteiger partial charge in [0.2, 0.25) is 0 Å². The maximum atomic E-state index is 5.36. The first-order chi connectivity index (χ1) is 12.4. The molecule has 1 rings (SSSR count). The van der Waals surface area contributed by atoms with Gasteiger partial charge >= 0.3 is 0 Å². The van der Waals surface area contributed by atoms with E-state index in [0.29, 0.717) is 24.4 Å². The molecule has 2 N–H and O–H groups in total. The summed E-state index contributed by atoms with van der Waals surface area (Å²) in [5.74, 6) is 2.40. The van der Waals surface area contributed by atoms with E-state index in [1.54, 1.807) is 7.05 Å². The van der Waals surface area contributed by atoms with Gasteiger partial charge in [-0.05, 0) is 11.8 Å². The van der Waals surface area contributed by atoms with E-state index in [2.05, 4.69) is 66.5 Å². The quantitative estimate of drug-likeness (QED) is 0.360. The van der Waals surface area contributed by atoms with E-state index in [4.69, 9.17) is 4.52 Å². The first kappa shape index (κ1) is 22.0. The van der Waals surface area contributed by atoms with Crippen molar-refractivity contribution in [2.75, 3.05) is 26.7 Å². The number of aromatic nitrogens is 1. The molecule has 0 spiro atoms. The van der Waals surface area contributed by atoms with Crippen LogP contribution >= 0.6 is 0 Å². The Labute approximate surface area is 158 Å². The molecule has 146 valence electrons. The third-order valence-corrected chi connectivity index (χ3v) is 4.27. The Morgan fingerprint density at radius 2 is 1.88 bits per heavy atom. The summed E-state index contributed by atoms with van der Waals surface area (Å²) >= 11 is 0. The molecular weight excluding hydrogens is 326 g/mol. The molecule has 1 aromatic rings. The van der Waals surface area contributed by atoms with Crippen LogP contribution in [0, 0.1) is 5.92 Å². The molecule has 0 aliphatic carbocycles. The molecule has 0 amide bonds. The lowest BCUT2D eigenvalue weighted by Gasteiger charge is -2.33. The molecule has 0 bridgehead atoms. The zero-order valence-electron chi connectivity index (χ0n) is 17.0. The molecule has 0 aromatic carbocycles. The van der Waals surface area contributed by atoms with Gasteiger partial charge in [-0.3, -0.25) is 9.89 Å². The minimum Gasteiger partial charge on any atom is -0.359 e. The van der Waals surface area contributed by atoms with Gasteiger partial charge < -0.3 is 15.2 Å². The van der Waals surface area contributed by atoms with Crippen LogP contribution in [0.15, 0.2) is 40.9 Å². The van der Waals surface area contributed by atoms with E-state index in [-0.39, 0.29) is 0 Å². The SMILES string of the molecule is C=CCN(CC=C)C(CNC(=NC)NCc1cc(C(C)C)no1)C(C)C. The van der Waals surface area contributed by atoms with Crippen LogP contribution in [0.25, 0.3) is 0 Å². The molecule has 6 heteroatoms. The molecule has 6 nitrogen and oxygen atoms in total. The molecule has 0 saturated heterocycles. The lowest BCUT2D eigenvalue weighted by molar-refractivity contribution is 0.190. The average molecular weight is 362 g/mol. The average Bonchev–Trinajstić information content (AvgIpc) is 3.07. The monoisotopic (exact) mass is 361 g/mol. The van der Waals surface area contributed by atoms with E-state index < -0.39 is 0 Å². The summed E-state index contributed by atoms with van der Waals surface area (Å²) in [7, 11) is 1.77. The van der Waals surface area contributed by atoms with Crippen LogP contribution in [0.4, 0.5) is 0 Å². The van der Waals surface area contributed by atoms with Crippen LogP contribution in [-0.4, -0.2) is 48.7 Å². The Morgan fingerprint density at radius 1 is 1.23 bits per heavy atom. The first-order valence-electron chi connectivity index (χ1n) is 9.28. The summed E-state index contributed by atoms with van der Waals surface area (Å²) in [4.78, 5) is 6.66. The van der Waals surface area contributed by atoms with Gasteiger partial charge in [0.15, 0.2) is 11.7 Å². The number of guanidine groups is 1. The molecule has 1 aromatic heterocycles. The maximum absolute atomic E-state index is 5.36. The summed E-state index contributed by atoms with van der Waals surface area (Å²) < 4.78 is 5.36. The zero-order chi connectivity index (χ0) is 19.5. The van der Waals surface area contributed by atoms with Crippen molar-refractivity contribution in [3.63, 3.8) is 0 Å². The van der Waals surface area contributed by atoms with Gasteiger partial charge in [-0.1, -0.05) is 45.0 Å². The summed E-state index contributed by atoms with van der Waals surface area (Å²) in [5, 5.41) is 10.8. The Kier molecular flexibility index (Phi) is 9.73. The summed E-state index contributed by atoms with van der Waals surface area (Å²) in [5.41, 5.74) is 0.967. The standard InChI is InChI=1S/C20H35N5O/c1-8-10-25(11-9-2)19(16(5)6)14-23-20(21-7)22-13-17-12-18(15(3)4)24-26-17/h8-9,12,15-16,19H,1-2,10-11,13-14H2,3-7H3,(H2,21,22,23). The van der Waals surface area contributed by atoms with Gasteiger partial charge in [0, 0.05) is 38.8 Å². The van der Waals surface area contributed by atoms with Crippen LogP contribution in [0.3, 0.4) is 0 Å². The van der Waals surface area contributed by atoms with Crippen molar-refractivity contribution in [1.82, 2.24) is 20.7 Å². The van der Waals surface area contributed by atoms with Gasteiger partial charge in [0.1, 0.15) is 0 Å². The molecule has 0 fully saturated rings.